The minimum atomic E-state index is -0.352. The minimum absolute atomic E-state index is 0.0394. The van der Waals surface area contributed by atoms with E-state index in [4.69, 9.17) is 17.3 Å². The van der Waals surface area contributed by atoms with E-state index >= 15 is 0 Å². The average molecular weight is 294 g/mol. The number of halogens is 2. The maximum Gasteiger partial charge on any atom is 0.153 e. The van der Waals surface area contributed by atoms with E-state index in [1.807, 2.05) is 0 Å². The van der Waals surface area contributed by atoms with E-state index in [0.29, 0.717) is 10.8 Å². The second-order valence-electron chi connectivity index (χ2n) is 5.75. The van der Waals surface area contributed by atoms with E-state index in [9.17, 15) is 4.39 Å². The maximum atomic E-state index is 13.2. The van der Waals surface area contributed by atoms with Gasteiger partial charge in [0.15, 0.2) is 5.82 Å². The van der Waals surface area contributed by atoms with Crippen molar-refractivity contribution in [3.05, 3.63) is 34.7 Å². The summed E-state index contributed by atoms with van der Waals surface area (Å²) in [6.07, 6.45) is 4.60. The van der Waals surface area contributed by atoms with Crippen molar-refractivity contribution >= 4 is 17.4 Å². The summed E-state index contributed by atoms with van der Waals surface area (Å²) in [5.74, 6) is 0.0658. The molecule has 5 heteroatoms. The standard InChI is InChI=1S/C15H17ClFN3/c1-15(6-2-3-7-15)13-12(14(18)20-19-13)10-5-4-9(17)8-11(10)16/h4-5,8H,2-3,6-7H2,1H3,(H3,18,19,20). The molecular weight excluding hydrogens is 277 g/mol. The summed E-state index contributed by atoms with van der Waals surface area (Å²) in [6, 6.07) is 4.37. The highest BCUT2D eigenvalue weighted by Gasteiger charge is 2.35. The molecule has 0 spiro atoms. The van der Waals surface area contributed by atoms with Gasteiger partial charge in [-0.15, -0.1) is 0 Å². The molecule has 3 rings (SSSR count). The first-order valence-electron chi connectivity index (χ1n) is 6.81. The molecule has 1 aliphatic rings. The maximum absolute atomic E-state index is 13.2. The van der Waals surface area contributed by atoms with Crippen LogP contribution in [0.3, 0.4) is 0 Å². The van der Waals surface area contributed by atoms with Gasteiger partial charge in [0.25, 0.3) is 0 Å². The highest BCUT2D eigenvalue weighted by atomic mass is 35.5. The number of hydrogen-bond acceptors (Lipinski definition) is 2. The largest absolute Gasteiger partial charge is 0.382 e. The number of benzene rings is 1. The van der Waals surface area contributed by atoms with Crippen molar-refractivity contribution < 1.29 is 4.39 Å². The quantitative estimate of drug-likeness (QED) is 0.868. The lowest BCUT2D eigenvalue weighted by Crippen LogP contribution is -2.18. The third-order valence-electron chi connectivity index (χ3n) is 4.31. The number of aromatic amines is 1. The van der Waals surface area contributed by atoms with Crippen molar-refractivity contribution in [1.29, 1.82) is 0 Å². The number of nitrogens with one attached hydrogen (secondary N) is 1. The smallest absolute Gasteiger partial charge is 0.153 e. The Bertz CT molecular complexity index is 645. The van der Waals surface area contributed by atoms with Gasteiger partial charge in [0, 0.05) is 16.5 Å². The normalized spacial score (nSPS) is 17.6. The van der Waals surface area contributed by atoms with Crippen LogP contribution in [0.1, 0.15) is 38.3 Å². The fraction of sp³-hybridized carbons (Fsp3) is 0.400. The number of rotatable bonds is 2. The molecule has 1 heterocycles. The number of aromatic nitrogens is 2. The zero-order valence-corrected chi connectivity index (χ0v) is 12.1. The molecule has 1 aliphatic carbocycles. The van der Waals surface area contributed by atoms with Crippen molar-refractivity contribution in [3.63, 3.8) is 0 Å². The summed E-state index contributed by atoms with van der Waals surface area (Å²) in [6.45, 7) is 2.22. The summed E-state index contributed by atoms with van der Waals surface area (Å²) in [4.78, 5) is 0. The molecule has 0 bridgehead atoms. The van der Waals surface area contributed by atoms with Crippen LogP contribution >= 0.6 is 11.6 Å². The molecular formula is C15H17ClFN3. The Morgan fingerprint density at radius 1 is 1.35 bits per heavy atom. The van der Waals surface area contributed by atoms with Crippen LogP contribution in [0.2, 0.25) is 5.02 Å². The van der Waals surface area contributed by atoms with Crippen molar-refractivity contribution in [1.82, 2.24) is 10.2 Å². The van der Waals surface area contributed by atoms with E-state index in [1.54, 1.807) is 6.07 Å². The summed E-state index contributed by atoms with van der Waals surface area (Å²) >= 11 is 6.18. The number of H-pyrrole nitrogens is 1. The first-order chi connectivity index (χ1) is 9.51. The van der Waals surface area contributed by atoms with E-state index in [-0.39, 0.29) is 11.2 Å². The summed E-state index contributed by atoms with van der Waals surface area (Å²) in [7, 11) is 0. The second kappa shape index (κ2) is 4.77. The van der Waals surface area contributed by atoms with Gasteiger partial charge in [-0.05, 0) is 31.0 Å². The molecule has 3 N–H and O–H groups in total. The molecule has 1 aromatic heterocycles. The van der Waals surface area contributed by atoms with Crippen LogP contribution in [0.5, 0.6) is 0 Å². The Kier molecular flexibility index (Phi) is 3.21. The number of nitrogens with two attached hydrogens (primary N) is 1. The van der Waals surface area contributed by atoms with Crippen LogP contribution in [-0.4, -0.2) is 10.2 Å². The molecule has 106 valence electrons. The molecule has 0 aliphatic heterocycles. The van der Waals surface area contributed by atoms with Gasteiger partial charge < -0.3 is 5.73 Å². The van der Waals surface area contributed by atoms with Crippen molar-refractivity contribution in [2.24, 2.45) is 0 Å². The van der Waals surface area contributed by atoms with Gasteiger partial charge in [0.2, 0.25) is 0 Å². The first kappa shape index (κ1) is 13.4. The molecule has 3 nitrogen and oxygen atoms in total. The van der Waals surface area contributed by atoms with Crippen molar-refractivity contribution in [3.8, 4) is 11.1 Å². The number of nitrogen functional groups attached to an aromatic ring is 1. The lowest BCUT2D eigenvalue weighted by Gasteiger charge is -2.23. The van der Waals surface area contributed by atoms with Gasteiger partial charge >= 0.3 is 0 Å². The number of hydrogen-bond donors (Lipinski definition) is 2. The summed E-state index contributed by atoms with van der Waals surface area (Å²) < 4.78 is 13.2. The van der Waals surface area contributed by atoms with Crippen LogP contribution in [0, 0.1) is 5.82 Å². The molecule has 0 atom stereocenters. The highest BCUT2D eigenvalue weighted by Crippen LogP contribution is 2.46. The predicted molar refractivity (Wildman–Crippen MR) is 79.2 cm³/mol. The van der Waals surface area contributed by atoms with Gasteiger partial charge in [-0.3, -0.25) is 5.10 Å². The van der Waals surface area contributed by atoms with Crippen molar-refractivity contribution in [2.45, 2.75) is 38.0 Å². The molecule has 0 amide bonds. The zero-order valence-electron chi connectivity index (χ0n) is 11.3. The third-order valence-corrected chi connectivity index (χ3v) is 4.62. The molecule has 1 fully saturated rings. The molecule has 0 saturated heterocycles. The van der Waals surface area contributed by atoms with Gasteiger partial charge in [0.1, 0.15) is 5.82 Å². The Morgan fingerprint density at radius 3 is 2.70 bits per heavy atom. The fourth-order valence-corrected chi connectivity index (χ4v) is 3.42. The first-order valence-corrected chi connectivity index (χ1v) is 7.19. The number of nitrogens with zero attached hydrogens (tertiary/aromatic N) is 1. The van der Waals surface area contributed by atoms with Crippen molar-refractivity contribution in [2.75, 3.05) is 5.73 Å². The van der Waals surface area contributed by atoms with Crippen LogP contribution in [-0.2, 0) is 5.41 Å². The zero-order chi connectivity index (χ0) is 14.3. The van der Waals surface area contributed by atoms with E-state index in [2.05, 4.69) is 17.1 Å². The second-order valence-corrected chi connectivity index (χ2v) is 6.16. The summed E-state index contributed by atoms with van der Waals surface area (Å²) in [5.41, 5.74) is 8.62. The van der Waals surface area contributed by atoms with Crippen LogP contribution in [0.15, 0.2) is 18.2 Å². The number of anilines is 1. The lowest BCUT2D eigenvalue weighted by atomic mass is 9.81. The average Bonchev–Trinajstić information content (AvgIpc) is 2.98. The van der Waals surface area contributed by atoms with Gasteiger partial charge in [-0.1, -0.05) is 31.4 Å². The molecule has 1 aromatic carbocycles. The Labute approximate surface area is 122 Å². The van der Waals surface area contributed by atoms with Crippen LogP contribution in [0.25, 0.3) is 11.1 Å². The Balaban J connectivity index is 2.16. The van der Waals surface area contributed by atoms with Crippen LogP contribution in [0.4, 0.5) is 10.2 Å². The Hall–Kier alpha value is -1.55. The van der Waals surface area contributed by atoms with Crippen LogP contribution < -0.4 is 5.73 Å². The van der Waals surface area contributed by atoms with Gasteiger partial charge in [0.05, 0.1) is 10.7 Å². The van der Waals surface area contributed by atoms with Gasteiger partial charge in [-0.25, -0.2) is 4.39 Å². The molecule has 0 radical (unpaired) electrons. The van der Waals surface area contributed by atoms with Gasteiger partial charge in [-0.2, -0.15) is 5.10 Å². The highest BCUT2D eigenvalue weighted by molar-refractivity contribution is 6.33. The van der Waals surface area contributed by atoms with E-state index < -0.39 is 0 Å². The third kappa shape index (κ3) is 2.08. The molecule has 2 aromatic rings. The lowest BCUT2D eigenvalue weighted by molar-refractivity contribution is 0.476. The molecule has 20 heavy (non-hydrogen) atoms. The topological polar surface area (TPSA) is 54.7 Å². The molecule has 0 unspecified atom stereocenters. The summed E-state index contributed by atoms with van der Waals surface area (Å²) in [5, 5.41) is 7.58. The predicted octanol–water partition coefficient (Wildman–Crippen LogP) is 4.28. The van der Waals surface area contributed by atoms with E-state index in [0.717, 1.165) is 29.7 Å². The monoisotopic (exact) mass is 293 g/mol. The van der Waals surface area contributed by atoms with E-state index in [1.165, 1.54) is 25.0 Å². The molecule has 1 saturated carbocycles. The SMILES string of the molecule is CC1(c2[nH]nc(N)c2-c2ccc(F)cc2Cl)CCCC1. The minimum Gasteiger partial charge on any atom is -0.382 e. The fourth-order valence-electron chi connectivity index (χ4n) is 3.16. The Morgan fingerprint density at radius 2 is 2.05 bits per heavy atom.